The second kappa shape index (κ2) is 10.1. The van der Waals surface area contributed by atoms with Crippen molar-refractivity contribution >= 4 is 17.2 Å². The highest BCUT2D eigenvalue weighted by molar-refractivity contribution is 7.13. The molecule has 4 aromatic rings. The molecule has 1 heterocycles. The lowest BCUT2D eigenvalue weighted by molar-refractivity contribution is -0.120. The molecule has 7 heteroatoms. The maximum atomic E-state index is 13.4. The topological polar surface area (TPSA) is 60.5 Å². The normalized spacial score (nSPS) is 10.6. The van der Waals surface area contributed by atoms with E-state index in [1.807, 2.05) is 53.9 Å². The number of para-hydroxylation sites is 2. The number of thiazole rings is 1. The van der Waals surface area contributed by atoms with Crippen molar-refractivity contribution in [3.8, 4) is 27.8 Å². The summed E-state index contributed by atoms with van der Waals surface area (Å²) in [6.07, 6.45) is 0.167. The number of nitrogens with zero attached hydrogens (tertiary/aromatic N) is 1. The number of aromatic nitrogens is 1. The van der Waals surface area contributed by atoms with E-state index in [1.165, 1.54) is 23.5 Å². The van der Waals surface area contributed by atoms with Crippen LogP contribution in [-0.4, -0.2) is 18.0 Å². The quantitative estimate of drug-likeness (QED) is 0.381. The van der Waals surface area contributed by atoms with Crippen LogP contribution in [0.1, 0.15) is 11.3 Å². The molecule has 1 amide bonds. The van der Waals surface area contributed by atoms with E-state index in [0.29, 0.717) is 40.1 Å². The first kappa shape index (κ1) is 21.5. The number of hydrogen-bond acceptors (Lipinski definition) is 5. The zero-order valence-electron chi connectivity index (χ0n) is 17.4. The Labute approximate surface area is 189 Å². The third-order valence-electron chi connectivity index (χ3n) is 4.67. The number of halogens is 1. The minimum atomic E-state index is -0.309. The maximum absolute atomic E-state index is 13.4. The Morgan fingerprint density at radius 2 is 1.81 bits per heavy atom. The molecule has 3 aromatic carbocycles. The highest BCUT2D eigenvalue weighted by Crippen LogP contribution is 2.31. The Balaban J connectivity index is 1.30. The number of rotatable bonds is 8. The van der Waals surface area contributed by atoms with Gasteiger partial charge < -0.3 is 14.8 Å². The van der Waals surface area contributed by atoms with Gasteiger partial charge in [-0.1, -0.05) is 36.4 Å². The van der Waals surface area contributed by atoms with Crippen LogP contribution in [0.5, 0.6) is 17.2 Å². The number of benzene rings is 3. The van der Waals surface area contributed by atoms with Crippen molar-refractivity contribution in [1.29, 1.82) is 0 Å². The number of amides is 1. The SMILES string of the molecule is COc1ccccc1Oc1ccc(CNC(=O)Cc2csc(-c3cccc(F)c3)n2)cc1. The molecule has 0 saturated carbocycles. The molecule has 0 aliphatic rings. The summed E-state index contributed by atoms with van der Waals surface area (Å²) in [5.41, 5.74) is 2.31. The van der Waals surface area contributed by atoms with Gasteiger partial charge in [0.15, 0.2) is 11.5 Å². The third kappa shape index (κ3) is 5.50. The van der Waals surface area contributed by atoms with Crippen LogP contribution in [0, 0.1) is 5.82 Å². The van der Waals surface area contributed by atoms with Gasteiger partial charge in [-0.25, -0.2) is 9.37 Å². The predicted molar refractivity (Wildman–Crippen MR) is 123 cm³/mol. The molecule has 0 unspecified atom stereocenters. The predicted octanol–water partition coefficient (Wildman–Crippen LogP) is 5.61. The van der Waals surface area contributed by atoms with Gasteiger partial charge in [0.05, 0.1) is 19.2 Å². The second-order valence-electron chi connectivity index (χ2n) is 7.00. The first-order valence-corrected chi connectivity index (χ1v) is 10.9. The fourth-order valence-electron chi connectivity index (χ4n) is 3.08. The van der Waals surface area contributed by atoms with Gasteiger partial charge in [-0.3, -0.25) is 4.79 Å². The number of carbonyl (C=O) groups excluding carboxylic acids is 1. The summed E-state index contributed by atoms with van der Waals surface area (Å²) in [7, 11) is 1.60. The second-order valence-corrected chi connectivity index (χ2v) is 7.86. The molecule has 162 valence electrons. The zero-order chi connectivity index (χ0) is 22.3. The van der Waals surface area contributed by atoms with E-state index in [2.05, 4.69) is 10.3 Å². The smallest absolute Gasteiger partial charge is 0.226 e. The first-order valence-electron chi connectivity index (χ1n) is 9.97. The van der Waals surface area contributed by atoms with Gasteiger partial charge >= 0.3 is 0 Å². The molecule has 1 N–H and O–H groups in total. The number of hydrogen-bond donors (Lipinski definition) is 1. The molecule has 4 rings (SSSR count). The Hall–Kier alpha value is -3.71. The molecule has 0 aliphatic carbocycles. The van der Waals surface area contributed by atoms with Crippen molar-refractivity contribution in [2.24, 2.45) is 0 Å². The number of carbonyl (C=O) groups is 1. The highest BCUT2D eigenvalue weighted by Gasteiger charge is 2.10. The Morgan fingerprint density at radius 3 is 2.56 bits per heavy atom. The van der Waals surface area contributed by atoms with Gasteiger partial charge in [0, 0.05) is 17.5 Å². The van der Waals surface area contributed by atoms with E-state index in [-0.39, 0.29) is 18.1 Å². The van der Waals surface area contributed by atoms with Crippen LogP contribution < -0.4 is 14.8 Å². The molecule has 5 nitrogen and oxygen atoms in total. The summed E-state index contributed by atoms with van der Waals surface area (Å²) >= 11 is 1.39. The van der Waals surface area contributed by atoms with E-state index in [9.17, 15) is 9.18 Å². The van der Waals surface area contributed by atoms with Crippen LogP contribution >= 0.6 is 11.3 Å². The molecule has 0 fully saturated rings. The Kier molecular flexibility index (Phi) is 6.77. The van der Waals surface area contributed by atoms with Gasteiger partial charge in [0.1, 0.15) is 16.6 Å². The monoisotopic (exact) mass is 448 g/mol. The van der Waals surface area contributed by atoms with E-state index >= 15 is 0 Å². The molecule has 0 saturated heterocycles. The number of ether oxygens (including phenoxy) is 2. The van der Waals surface area contributed by atoms with Crippen molar-refractivity contribution in [3.05, 3.63) is 95.3 Å². The lowest BCUT2D eigenvalue weighted by atomic mass is 10.2. The molecule has 0 spiro atoms. The summed E-state index contributed by atoms with van der Waals surface area (Å²) in [6, 6.07) is 21.2. The van der Waals surface area contributed by atoms with Crippen LogP contribution in [0.3, 0.4) is 0 Å². The van der Waals surface area contributed by atoms with Crippen molar-refractivity contribution in [2.75, 3.05) is 7.11 Å². The van der Waals surface area contributed by atoms with Crippen molar-refractivity contribution in [3.63, 3.8) is 0 Å². The minimum absolute atomic E-state index is 0.129. The highest BCUT2D eigenvalue weighted by atomic mass is 32.1. The van der Waals surface area contributed by atoms with Gasteiger partial charge in [-0.2, -0.15) is 0 Å². The first-order chi connectivity index (χ1) is 15.6. The lowest BCUT2D eigenvalue weighted by Gasteiger charge is -2.10. The third-order valence-corrected chi connectivity index (χ3v) is 5.62. The molecular formula is C25H21FN2O3S. The molecular weight excluding hydrogens is 427 g/mol. The number of nitrogens with one attached hydrogen (secondary N) is 1. The van der Waals surface area contributed by atoms with Crippen molar-refractivity contribution in [2.45, 2.75) is 13.0 Å². The lowest BCUT2D eigenvalue weighted by Crippen LogP contribution is -2.24. The molecule has 0 bridgehead atoms. The van der Waals surface area contributed by atoms with Crippen LogP contribution in [0.2, 0.25) is 0 Å². The molecule has 1 aromatic heterocycles. The van der Waals surface area contributed by atoms with Gasteiger partial charge in [-0.05, 0) is 42.0 Å². The molecule has 0 radical (unpaired) electrons. The Morgan fingerprint density at radius 1 is 1.03 bits per heavy atom. The summed E-state index contributed by atoms with van der Waals surface area (Å²) in [5, 5.41) is 5.41. The fourth-order valence-corrected chi connectivity index (χ4v) is 3.89. The van der Waals surface area contributed by atoms with Crippen molar-refractivity contribution in [1.82, 2.24) is 10.3 Å². The summed E-state index contributed by atoms with van der Waals surface area (Å²) < 4.78 is 24.6. The van der Waals surface area contributed by atoms with Crippen LogP contribution in [-0.2, 0) is 17.8 Å². The average molecular weight is 449 g/mol. The average Bonchev–Trinajstić information content (AvgIpc) is 3.27. The van der Waals surface area contributed by atoms with Gasteiger partial charge in [0.2, 0.25) is 5.91 Å². The van der Waals surface area contributed by atoms with Gasteiger partial charge in [0.25, 0.3) is 0 Å². The minimum Gasteiger partial charge on any atom is -0.493 e. The fraction of sp³-hybridized carbons (Fsp3) is 0.120. The standard InChI is InChI=1S/C25H21FN2O3S/c1-30-22-7-2-3-8-23(22)31-21-11-9-17(10-12-21)15-27-24(29)14-20-16-32-25(28-20)18-5-4-6-19(26)13-18/h2-13,16H,14-15H2,1H3,(H,27,29). The Bertz CT molecular complexity index is 1210. The summed E-state index contributed by atoms with van der Waals surface area (Å²) in [6.45, 7) is 0.397. The van der Waals surface area contributed by atoms with Crippen molar-refractivity contribution < 1.29 is 18.7 Å². The zero-order valence-corrected chi connectivity index (χ0v) is 18.2. The van der Waals surface area contributed by atoms with E-state index in [4.69, 9.17) is 9.47 Å². The van der Waals surface area contributed by atoms with Crippen LogP contribution in [0.4, 0.5) is 4.39 Å². The number of methoxy groups -OCH3 is 1. The van der Waals surface area contributed by atoms with E-state index in [1.54, 1.807) is 19.2 Å². The van der Waals surface area contributed by atoms with Crippen LogP contribution in [0.15, 0.2) is 78.2 Å². The van der Waals surface area contributed by atoms with Gasteiger partial charge in [-0.15, -0.1) is 11.3 Å². The summed E-state index contributed by atoms with van der Waals surface area (Å²) in [4.78, 5) is 16.8. The summed E-state index contributed by atoms with van der Waals surface area (Å²) in [5.74, 6) is 1.53. The van der Waals surface area contributed by atoms with Crippen LogP contribution in [0.25, 0.3) is 10.6 Å². The van der Waals surface area contributed by atoms with E-state index < -0.39 is 0 Å². The maximum Gasteiger partial charge on any atom is 0.226 e. The largest absolute Gasteiger partial charge is 0.493 e. The molecule has 0 aliphatic heterocycles. The molecule has 32 heavy (non-hydrogen) atoms. The molecule has 0 atom stereocenters. The van der Waals surface area contributed by atoms with E-state index in [0.717, 1.165) is 5.56 Å².